The number of carbonyl (C=O) groups excluding carboxylic acids is 1. The van der Waals surface area contributed by atoms with Crippen LogP contribution in [0.3, 0.4) is 0 Å². The number of benzene rings is 2. The van der Waals surface area contributed by atoms with Crippen LogP contribution in [0, 0.1) is 0 Å². The molecule has 0 aromatic heterocycles. The SMILES string of the molecule is CCC(=O)NC1CCN(C(C)c2ccccc2)C(c2ccccc2)C1OC. The average molecular weight is 367 g/mol. The molecule has 0 spiro atoms. The first kappa shape index (κ1) is 19.6. The summed E-state index contributed by atoms with van der Waals surface area (Å²) in [5.41, 5.74) is 2.52. The minimum absolute atomic E-state index is 0.0203. The summed E-state index contributed by atoms with van der Waals surface area (Å²) in [6, 6.07) is 21.5. The summed E-state index contributed by atoms with van der Waals surface area (Å²) in [5.74, 6) is 0.0819. The summed E-state index contributed by atoms with van der Waals surface area (Å²) in [6.45, 7) is 5.05. The monoisotopic (exact) mass is 366 g/mol. The summed E-state index contributed by atoms with van der Waals surface area (Å²) in [7, 11) is 1.75. The Bertz CT molecular complexity index is 720. The number of carbonyl (C=O) groups is 1. The van der Waals surface area contributed by atoms with E-state index in [-0.39, 0.29) is 30.1 Å². The summed E-state index contributed by atoms with van der Waals surface area (Å²) >= 11 is 0. The van der Waals surface area contributed by atoms with Crippen LogP contribution in [0.2, 0.25) is 0 Å². The van der Waals surface area contributed by atoms with Gasteiger partial charge in [0, 0.05) is 26.1 Å². The zero-order chi connectivity index (χ0) is 19.2. The molecule has 0 bridgehead atoms. The normalized spacial score (nSPS) is 24.3. The topological polar surface area (TPSA) is 41.6 Å². The van der Waals surface area contributed by atoms with Crippen molar-refractivity contribution in [1.29, 1.82) is 0 Å². The van der Waals surface area contributed by atoms with Crippen molar-refractivity contribution in [3.8, 4) is 0 Å². The van der Waals surface area contributed by atoms with Gasteiger partial charge in [0.25, 0.3) is 0 Å². The fraction of sp³-hybridized carbons (Fsp3) is 0.435. The maximum Gasteiger partial charge on any atom is 0.220 e. The maximum absolute atomic E-state index is 12.0. The van der Waals surface area contributed by atoms with Crippen LogP contribution in [0.25, 0.3) is 0 Å². The molecule has 4 unspecified atom stereocenters. The predicted molar refractivity (Wildman–Crippen MR) is 108 cm³/mol. The number of likely N-dealkylation sites (tertiary alicyclic amines) is 1. The molecular formula is C23H30N2O2. The molecule has 1 N–H and O–H groups in total. The molecule has 1 aliphatic heterocycles. The van der Waals surface area contributed by atoms with Gasteiger partial charge in [0.2, 0.25) is 5.91 Å². The number of hydrogen-bond donors (Lipinski definition) is 1. The van der Waals surface area contributed by atoms with Gasteiger partial charge in [0.1, 0.15) is 0 Å². The van der Waals surface area contributed by atoms with Crippen molar-refractivity contribution in [2.75, 3.05) is 13.7 Å². The van der Waals surface area contributed by atoms with E-state index in [2.05, 4.69) is 71.7 Å². The quantitative estimate of drug-likeness (QED) is 0.837. The molecule has 0 saturated carbocycles. The van der Waals surface area contributed by atoms with Gasteiger partial charge in [-0.25, -0.2) is 0 Å². The molecule has 0 aliphatic carbocycles. The first-order chi connectivity index (χ1) is 13.2. The minimum atomic E-state index is -0.0946. The Labute approximate surface area is 162 Å². The third kappa shape index (κ3) is 4.40. The zero-order valence-electron chi connectivity index (χ0n) is 16.5. The molecule has 27 heavy (non-hydrogen) atoms. The van der Waals surface area contributed by atoms with Crippen LogP contribution in [0.4, 0.5) is 0 Å². The Hall–Kier alpha value is -2.17. The van der Waals surface area contributed by atoms with Gasteiger partial charge in [-0.05, 0) is 24.5 Å². The highest BCUT2D eigenvalue weighted by molar-refractivity contribution is 5.75. The van der Waals surface area contributed by atoms with E-state index in [1.807, 2.05) is 13.0 Å². The van der Waals surface area contributed by atoms with Gasteiger partial charge in [0.15, 0.2) is 0 Å². The molecule has 3 rings (SSSR count). The van der Waals surface area contributed by atoms with Crippen molar-refractivity contribution >= 4 is 5.91 Å². The molecule has 0 radical (unpaired) electrons. The molecule has 144 valence electrons. The van der Waals surface area contributed by atoms with E-state index in [1.165, 1.54) is 11.1 Å². The lowest BCUT2D eigenvalue weighted by atomic mass is 9.86. The van der Waals surface area contributed by atoms with Gasteiger partial charge in [-0.2, -0.15) is 0 Å². The van der Waals surface area contributed by atoms with Crippen molar-refractivity contribution < 1.29 is 9.53 Å². The van der Waals surface area contributed by atoms with Crippen LogP contribution in [0.5, 0.6) is 0 Å². The Morgan fingerprint density at radius 3 is 2.37 bits per heavy atom. The smallest absolute Gasteiger partial charge is 0.220 e. The van der Waals surface area contributed by atoms with E-state index in [9.17, 15) is 4.79 Å². The van der Waals surface area contributed by atoms with Gasteiger partial charge in [-0.3, -0.25) is 9.69 Å². The van der Waals surface area contributed by atoms with Gasteiger partial charge >= 0.3 is 0 Å². The highest BCUT2D eigenvalue weighted by atomic mass is 16.5. The molecule has 2 aromatic carbocycles. The van der Waals surface area contributed by atoms with Crippen LogP contribution in [-0.2, 0) is 9.53 Å². The molecule has 1 amide bonds. The number of rotatable bonds is 6. The van der Waals surface area contributed by atoms with Crippen LogP contribution >= 0.6 is 0 Å². The number of nitrogens with one attached hydrogen (secondary N) is 1. The second kappa shape index (κ2) is 9.16. The van der Waals surface area contributed by atoms with E-state index in [0.29, 0.717) is 6.42 Å². The number of ether oxygens (including phenoxy) is 1. The molecule has 4 nitrogen and oxygen atoms in total. The van der Waals surface area contributed by atoms with Crippen LogP contribution in [0.1, 0.15) is 49.9 Å². The molecule has 1 fully saturated rings. The lowest BCUT2D eigenvalue weighted by Gasteiger charge is -2.47. The van der Waals surface area contributed by atoms with Gasteiger partial charge in [-0.15, -0.1) is 0 Å². The highest BCUT2D eigenvalue weighted by Crippen LogP contribution is 2.39. The zero-order valence-corrected chi connectivity index (χ0v) is 16.5. The van der Waals surface area contributed by atoms with Crippen LogP contribution < -0.4 is 5.32 Å². The molecule has 1 aliphatic rings. The molecule has 4 atom stereocenters. The predicted octanol–water partition coefficient (Wildman–Crippen LogP) is 4.10. The first-order valence-electron chi connectivity index (χ1n) is 9.83. The average Bonchev–Trinajstić information content (AvgIpc) is 2.74. The Balaban J connectivity index is 1.94. The first-order valence-corrected chi connectivity index (χ1v) is 9.83. The van der Waals surface area contributed by atoms with Crippen molar-refractivity contribution in [3.05, 3.63) is 71.8 Å². The third-order valence-corrected chi connectivity index (χ3v) is 5.62. The Morgan fingerprint density at radius 1 is 1.15 bits per heavy atom. The van der Waals surface area contributed by atoms with Gasteiger partial charge < -0.3 is 10.1 Å². The molecule has 1 heterocycles. The number of amides is 1. The van der Waals surface area contributed by atoms with Crippen LogP contribution in [0.15, 0.2) is 60.7 Å². The number of methoxy groups -OCH3 is 1. The summed E-state index contributed by atoms with van der Waals surface area (Å²) in [5, 5.41) is 3.18. The second-order valence-corrected chi connectivity index (χ2v) is 7.20. The summed E-state index contributed by atoms with van der Waals surface area (Å²) in [6.07, 6.45) is 1.28. The van der Waals surface area contributed by atoms with E-state index in [4.69, 9.17) is 4.74 Å². The summed E-state index contributed by atoms with van der Waals surface area (Å²) in [4.78, 5) is 14.5. The van der Waals surface area contributed by atoms with E-state index < -0.39 is 0 Å². The van der Waals surface area contributed by atoms with Crippen molar-refractivity contribution in [2.24, 2.45) is 0 Å². The van der Waals surface area contributed by atoms with Crippen molar-refractivity contribution in [2.45, 2.75) is 50.9 Å². The van der Waals surface area contributed by atoms with Gasteiger partial charge in [0.05, 0.1) is 18.2 Å². The Kier molecular flexibility index (Phi) is 6.64. The minimum Gasteiger partial charge on any atom is -0.377 e. The lowest BCUT2D eigenvalue weighted by molar-refractivity contribution is -0.125. The van der Waals surface area contributed by atoms with E-state index in [1.54, 1.807) is 7.11 Å². The molecule has 4 heteroatoms. The Morgan fingerprint density at radius 2 is 1.78 bits per heavy atom. The lowest BCUT2D eigenvalue weighted by Crippen LogP contribution is -2.56. The fourth-order valence-corrected chi connectivity index (χ4v) is 4.15. The largest absolute Gasteiger partial charge is 0.377 e. The fourth-order valence-electron chi connectivity index (χ4n) is 4.15. The van der Waals surface area contributed by atoms with Gasteiger partial charge in [-0.1, -0.05) is 67.6 Å². The number of nitrogens with zero attached hydrogens (tertiary/aromatic N) is 1. The number of hydrogen-bond acceptors (Lipinski definition) is 3. The highest BCUT2D eigenvalue weighted by Gasteiger charge is 2.41. The number of piperidine rings is 1. The van der Waals surface area contributed by atoms with Crippen molar-refractivity contribution in [1.82, 2.24) is 10.2 Å². The molecular weight excluding hydrogens is 336 g/mol. The third-order valence-electron chi connectivity index (χ3n) is 5.62. The summed E-state index contributed by atoms with van der Waals surface area (Å²) < 4.78 is 5.98. The second-order valence-electron chi connectivity index (χ2n) is 7.20. The molecule has 2 aromatic rings. The van der Waals surface area contributed by atoms with E-state index >= 15 is 0 Å². The van der Waals surface area contributed by atoms with E-state index in [0.717, 1.165) is 13.0 Å². The standard InChI is InChI=1S/C23H30N2O2/c1-4-21(26)24-20-15-16-25(17(2)18-11-7-5-8-12-18)22(23(20)27-3)19-13-9-6-10-14-19/h5-14,17,20,22-23H,4,15-16H2,1-3H3,(H,24,26). The molecule has 1 saturated heterocycles. The van der Waals surface area contributed by atoms with Crippen LogP contribution in [-0.4, -0.2) is 36.6 Å². The maximum atomic E-state index is 12.0. The van der Waals surface area contributed by atoms with Crippen molar-refractivity contribution in [3.63, 3.8) is 0 Å².